The molecule has 0 amide bonds. The van der Waals surface area contributed by atoms with Crippen molar-refractivity contribution >= 4 is 23.3 Å². The molecule has 0 radical (unpaired) electrons. The molecule has 0 heterocycles. The normalized spacial score (nSPS) is 3.56. The molecule has 0 aromatic rings. The maximum absolute atomic E-state index is 7.13. The minimum atomic E-state index is -0.0833. The third kappa shape index (κ3) is 636. The Morgan fingerprint density at radius 1 is 1.56 bits per heavy atom. The van der Waals surface area contributed by atoms with E-state index in [9.17, 15) is 0 Å². The van der Waals surface area contributed by atoms with Gasteiger partial charge in [0.2, 0.25) is 0 Å². The summed E-state index contributed by atoms with van der Waals surface area (Å²) >= 11 is 3.70. The van der Waals surface area contributed by atoms with Crippen molar-refractivity contribution in [2.24, 2.45) is 11.5 Å². The molecular formula is C2H6IN4NaS. The molecule has 0 aliphatic heterocycles. The molecule has 0 aromatic heterocycles. The maximum Gasteiger partial charge on any atom is 1.00 e. The molecular weight excluding hydrogens is 262 g/mol. The van der Waals surface area contributed by atoms with Crippen molar-refractivity contribution in [3.8, 4) is 0 Å². The number of hydrogen-bond donors (Lipinski definition) is 3. The number of halogens is 1. The summed E-state index contributed by atoms with van der Waals surface area (Å²) in [7, 11) is 0. The minimum Gasteiger partial charge on any atom is -1.00 e. The molecule has 0 atom stereocenters. The third-order valence-corrected chi connectivity index (χ3v) is 0. The second-order valence-electron chi connectivity index (χ2n) is 0.591. The average Bonchev–Trinajstić information content (AvgIpc) is 1.33. The van der Waals surface area contributed by atoms with Crippen LogP contribution < -0.4 is 70.4 Å². The zero-order valence-corrected chi connectivity index (χ0v) is 9.94. The molecule has 0 spiro atoms. The quantitative estimate of drug-likeness (QED) is 0.134. The summed E-state index contributed by atoms with van der Waals surface area (Å²) in [5.41, 5.74) is 9.17. The van der Waals surface area contributed by atoms with Crippen LogP contribution in [0, 0.1) is 0 Å². The monoisotopic (exact) mass is 268 g/mol. The first kappa shape index (κ1) is 22.6. The van der Waals surface area contributed by atoms with Gasteiger partial charge in [-0.3, -0.25) is 16.9 Å². The Hall–Kier alpha value is 0.800. The molecule has 0 bridgehead atoms. The van der Waals surface area contributed by atoms with Gasteiger partial charge in [-0.2, -0.15) is 5.16 Å². The van der Waals surface area contributed by atoms with Crippen LogP contribution in [0.1, 0.15) is 0 Å². The van der Waals surface area contributed by atoms with Gasteiger partial charge in [-0.25, -0.2) is 0 Å². The Balaban J connectivity index is -0.0000000233. The van der Waals surface area contributed by atoms with Crippen LogP contribution in [-0.2, 0) is 0 Å². The van der Waals surface area contributed by atoms with E-state index in [1.54, 1.807) is 0 Å². The van der Waals surface area contributed by atoms with Gasteiger partial charge >= 0.3 is 35.5 Å². The van der Waals surface area contributed by atoms with Crippen LogP contribution in [0.25, 0.3) is 5.41 Å². The Morgan fingerprint density at radius 3 is 1.56 bits per heavy atom. The first-order chi connectivity index (χ1) is 3.15. The van der Waals surface area contributed by atoms with E-state index in [1.807, 2.05) is 0 Å². The van der Waals surface area contributed by atoms with E-state index in [0.717, 1.165) is 0 Å². The van der Waals surface area contributed by atoms with Crippen LogP contribution in [0.2, 0.25) is 0 Å². The van der Waals surface area contributed by atoms with Gasteiger partial charge in [0.15, 0.2) is 0 Å². The summed E-state index contributed by atoms with van der Waals surface area (Å²) < 4.78 is 0. The summed E-state index contributed by atoms with van der Waals surface area (Å²) in [6, 6.07) is 0. The molecule has 0 rings (SSSR count). The molecule has 0 saturated carbocycles. The zero-order valence-electron chi connectivity index (χ0n) is 4.97. The van der Waals surface area contributed by atoms with Gasteiger partial charge in [-0.05, 0) is 0 Å². The number of rotatable bonds is 0. The molecule has 9 heavy (non-hydrogen) atoms. The molecule has 0 unspecified atom stereocenters. The van der Waals surface area contributed by atoms with Crippen LogP contribution in [0.3, 0.4) is 0 Å². The SMILES string of the molecule is NC(N)=[NH2+].[I-].[N-]=C=S.[Na+]. The number of hydrogen-bond acceptors (Lipinski definition) is 1. The standard InChI is InChI=1S/CH5N3.CNS.HI.Na/c2-1(3)4;2-1-3;;/h(H5,2,3,4);;1H;/q;-1;;+1. The Morgan fingerprint density at radius 2 is 1.56 bits per heavy atom. The van der Waals surface area contributed by atoms with Gasteiger partial charge in [0.1, 0.15) is 0 Å². The number of isothiocyanates is 1. The van der Waals surface area contributed by atoms with Crippen molar-refractivity contribution < 1.29 is 58.9 Å². The first-order valence-corrected chi connectivity index (χ1v) is 1.70. The molecule has 6 N–H and O–H groups in total. The van der Waals surface area contributed by atoms with E-state index in [1.165, 1.54) is 5.16 Å². The van der Waals surface area contributed by atoms with E-state index in [-0.39, 0.29) is 59.5 Å². The third-order valence-electron chi connectivity index (χ3n) is 0. The summed E-state index contributed by atoms with van der Waals surface area (Å²) in [5, 5.41) is 13.1. The fourth-order valence-corrected chi connectivity index (χ4v) is 0. The Labute approximate surface area is 98.1 Å². The van der Waals surface area contributed by atoms with Crippen LogP contribution in [-0.4, -0.2) is 11.1 Å². The van der Waals surface area contributed by atoms with E-state index >= 15 is 0 Å². The van der Waals surface area contributed by atoms with Crippen LogP contribution in [0.4, 0.5) is 0 Å². The van der Waals surface area contributed by atoms with Crippen molar-refractivity contribution in [2.45, 2.75) is 0 Å². The van der Waals surface area contributed by atoms with Crippen molar-refractivity contribution in [3.05, 3.63) is 5.41 Å². The molecule has 0 aliphatic carbocycles. The number of thiocarbonyl (C=S) groups is 1. The van der Waals surface area contributed by atoms with Crippen LogP contribution in [0.5, 0.6) is 0 Å². The van der Waals surface area contributed by atoms with Gasteiger partial charge in [-0.1, -0.05) is 12.2 Å². The molecule has 0 aromatic carbocycles. The number of nitrogens with two attached hydrogens (primary N) is 3. The molecule has 4 nitrogen and oxygen atoms in total. The van der Waals surface area contributed by atoms with Crippen molar-refractivity contribution in [3.63, 3.8) is 0 Å². The largest absolute Gasteiger partial charge is 1.00 e. The van der Waals surface area contributed by atoms with Gasteiger partial charge < -0.3 is 29.4 Å². The predicted molar refractivity (Wildman–Crippen MR) is 31.3 cm³/mol. The molecule has 48 valence electrons. The smallest absolute Gasteiger partial charge is 1.00 e. The second-order valence-corrected chi connectivity index (χ2v) is 0.774. The van der Waals surface area contributed by atoms with Gasteiger partial charge in [-0.15, -0.1) is 0 Å². The zero-order chi connectivity index (χ0) is 6.28. The van der Waals surface area contributed by atoms with Crippen LogP contribution in [0.15, 0.2) is 0 Å². The fourth-order valence-electron chi connectivity index (χ4n) is 0. The molecule has 0 saturated heterocycles. The number of guanidine groups is 1. The van der Waals surface area contributed by atoms with Gasteiger partial charge in [0.25, 0.3) is 0 Å². The van der Waals surface area contributed by atoms with Crippen molar-refractivity contribution in [2.75, 3.05) is 0 Å². The predicted octanol–water partition coefficient (Wildman–Crippen LogP) is -8.31. The van der Waals surface area contributed by atoms with Crippen molar-refractivity contribution in [1.29, 1.82) is 0 Å². The Kier molecular flexibility index (Phi) is 58.2. The summed E-state index contributed by atoms with van der Waals surface area (Å²) in [4.78, 5) is 0. The second kappa shape index (κ2) is 23.2. The number of nitrogens with zero attached hydrogens (tertiary/aromatic N) is 1. The van der Waals surface area contributed by atoms with E-state index in [0.29, 0.717) is 0 Å². The van der Waals surface area contributed by atoms with Crippen LogP contribution >= 0.6 is 12.2 Å². The molecule has 7 heteroatoms. The van der Waals surface area contributed by atoms with E-state index in [2.05, 4.69) is 29.1 Å². The molecule has 0 fully saturated rings. The summed E-state index contributed by atoms with van der Waals surface area (Å²) in [6.45, 7) is 0. The topological polar surface area (TPSA) is 99.9 Å². The minimum absolute atomic E-state index is 0. The summed E-state index contributed by atoms with van der Waals surface area (Å²) in [5.74, 6) is -0.0833. The van der Waals surface area contributed by atoms with Crippen molar-refractivity contribution in [1.82, 2.24) is 0 Å². The molecule has 0 aliphatic rings. The first-order valence-electron chi connectivity index (χ1n) is 1.29. The average molecular weight is 268 g/mol. The fraction of sp³-hybridized carbons (Fsp3) is 0. The summed E-state index contributed by atoms with van der Waals surface area (Å²) in [6.07, 6.45) is 0. The maximum atomic E-state index is 7.13. The van der Waals surface area contributed by atoms with Gasteiger partial charge in [0.05, 0.1) is 0 Å². The Bertz CT molecular complexity index is 86.6. The van der Waals surface area contributed by atoms with Gasteiger partial charge in [0, 0.05) is 0 Å². The van der Waals surface area contributed by atoms with E-state index in [4.69, 9.17) is 5.41 Å². The van der Waals surface area contributed by atoms with E-state index < -0.39 is 0 Å².